The fourth-order valence-corrected chi connectivity index (χ4v) is 2.64. The lowest BCUT2D eigenvalue weighted by molar-refractivity contribution is -0.109. The van der Waals surface area contributed by atoms with E-state index in [-0.39, 0.29) is 6.04 Å². The second-order valence-corrected chi connectivity index (χ2v) is 5.67. The minimum Gasteiger partial charge on any atom is -0.507 e. The Morgan fingerprint density at radius 1 is 1.14 bits per heavy atom. The van der Waals surface area contributed by atoms with Gasteiger partial charge in [0, 0.05) is 4.90 Å². The predicted octanol–water partition coefficient (Wildman–Crippen LogP) is 4.03. The number of phenolic OH excluding ortho intramolecular Hbond substituents is 1. The Bertz CT molecular complexity index is 570. The highest BCUT2D eigenvalue weighted by Crippen LogP contribution is 2.33. The molecule has 22 heavy (non-hydrogen) atoms. The van der Waals surface area contributed by atoms with Crippen LogP contribution >= 0.6 is 11.8 Å². The van der Waals surface area contributed by atoms with Gasteiger partial charge in [0.25, 0.3) is 0 Å². The zero-order valence-corrected chi connectivity index (χ0v) is 13.8. The predicted molar refractivity (Wildman–Crippen MR) is 92.4 cm³/mol. The summed E-state index contributed by atoms with van der Waals surface area (Å²) in [6.45, 7) is 4.00. The summed E-state index contributed by atoms with van der Waals surface area (Å²) in [6, 6.07) is 15.0. The maximum Gasteiger partial charge on any atom is 0.136 e. The summed E-state index contributed by atoms with van der Waals surface area (Å²) in [5.41, 5.74) is 6.73. The van der Waals surface area contributed by atoms with Crippen molar-refractivity contribution in [3.8, 4) is 5.75 Å². The highest BCUT2D eigenvalue weighted by molar-refractivity contribution is 7.99. The molecule has 0 heterocycles. The minimum atomic E-state index is -0.384. The van der Waals surface area contributed by atoms with Crippen molar-refractivity contribution >= 4 is 18.0 Å². The molecule has 1 unspecified atom stereocenters. The number of phenols is 1. The van der Waals surface area contributed by atoms with Gasteiger partial charge in [-0.3, -0.25) is 0 Å². The van der Waals surface area contributed by atoms with E-state index in [1.807, 2.05) is 50.2 Å². The summed E-state index contributed by atoms with van der Waals surface area (Å²) in [6.07, 6.45) is 2.24. The van der Waals surface area contributed by atoms with Gasteiger partial charge in [0.2, 0.25) is 0 Å². The molecule has 2 aromatic rings. The largest absolute Gasteiger partial charge is 0.507 e. The second kappa shape index (κ2) is 10.0. The van der Waals surface area contributed by atoms with Crippen LogP contribution in [0.3, 0.4) is 0 Å². The number of aldehydes is 1. The lowest BCUT2D eigenvalue weighted by Crippen LogP contribution is -2.21. The molecule has 0 saturated heterocycles. The molecule has 0 spiro atoms. The zero-order valence-electron chi connectivity index (χ0n) is 13.0. The standard InChI is InChI=1S/C16H17NO2S.C2H6/c17-13(11-18)8-5-12-6-9-14(10-7-12)20-16-4-2-1-3-15(16)19;1-2/h1-4,6-7,9-11,13,19H,5,8,17H2;1-2H3. The molecule has 2 aromatic carbocycles. The van der Waals surface area contributed by atoms with E-state index in [0.717, 1.165) is 28.1 Å². The van der Waals surface area contributed by atoms with Gasteiger partial charge in [-0.05, 0) is 42.7 Å². The van der Waals surface area contributed by atoms with Crippen molar-refractivity contribution in [2.24, 2.45) is 5.73 Å². The lowest BCUT2D eigenvalue weighted by Gasteiger charge is -2.06. The topological polar surface area (TPSA) is 63.3 Å². The van der Waals surface area contributed by atoms with Gasteiger partial charge in [0.1, 0.15) is 12.0 Å². The van der Waals surface area contributed by atoms with E-state index >= 15 is 0 Å². The molecule has 0 aromatic heterocycles. The van der Waals surface area contributed by atoms with E-state index in [1.165, 1.54) is 11.8 Å². The van der Waals surface area contributed by atoms with Crippen molar-refractivity contribution in [1.82, 2.24) is 0 Å². The summed E-state index contributed by atoms with van der Waals surface area (Å²) in [5, 5.41) is 9.73. The van der Waals surface area contributed by atoms with Crippen LogP contribution in [0.15, 0.2) is 58.3 Å². The molecule has 1 atom stereocenters. The molecule has 0 fully saturated rings. The molecule has 118 valence electrons. The summed E-state index contributed by atoms with van der Waals surface area (Å²) in [7, 11) is 0. The third kappa shape index (κ3) is 5.92. The highest BCUT2D eigenvalue weighted by Gasteiger charge is 2.04. The van der Waals surface area contributed by atoms with Crippen molar-refractivity contribution in [3.05, 3.63) is 54.1 Å². The average molecular weight is 317 g/mol. The summed E-state index contributed by atoms with van der Waals surface area (Å²) in [4.78, 5) is 12.4. The summed E-state index contributed by atoms with van der Waals surface area (Å²) < 4.78 is 0. The van der Waals surface area contributed by atoms with Gasteiger partial charge < -0.3 is 15.6 Å². The van der Waals surface area contributed by atoms with Crippen molar-refractivity contribution < 1.29 is 9.90 Å². The molecular weight excluding hydrogens is 294 g/mol. The molecule has 0 aliphatic rings. The van der Waals surface area contributed by atoms with Crippen molar-refractivity contribution in [2.45, 2.75) is 42.5 Å². The van der Waals surface area contributed by atoms with Crippen molar-refractivity contribution in [1.29, 1.82) is 0 Å². The van der Waals surface area contributed by atoms with Gasteiger partial charge in [-0.25, -0.2) is 0 Å². The smallest absolute Gasteiger partial charge is 0.136 e. The number of benzene rings is 2. The first kappa shape index (κ1) is 18.3. The zero-order chi connectivity index (χ0) is 16.4. The normalized spacial score (nSPS) is 11.2. The van der Waals surface area contributed by atoms with Crippen molar-refractivity contribution in [3.63, 3.8) is 0 Å². The molecule has 0 bridgehead atoms. The third-order valence-corrected chi connectivity index (χ3v) is 4.03. The Morgan fingerprint density at radius 3 is 2.36 bits per heavy atom. The molecule has 0 aliphatic heterocycles. The third-order valence-electron chi connectivity index (χ3n) is 2.96. The van der Waals surface area contributed by atoms with Crippen LogP contribution in [0.4, 0.5) is 0 Å². The number of carbonyl (C=O) groups excluding carboxylic acids is 1. The van der Waals surface area contributed by atoms with Gasteiger partial charge in [0.05, 0.1) is 10.9 Å². The minimum absolute atomic E-state index is 0.290. The Hall–Kier alpha value is -1.78. The Morgan fingerprint density at radius 2 is 1.77 bits per heavy atom. The summed E-state index contributed by atoms with van der Waals surface area (Å²) >= 11 is 1.52. The van der Waals surface area contributed by atoms with Crippen LogP contribution in [0.2, 0.25) is 0 Å². The van der Waals surface area contributed by atoms with Crippen LogP contribution in [0, 0.1) is 0 Å². The van der Waals surface area contributed by atoms with Crippen LogP contribution in [-0.2, 0) is 11.2 Å². The molecule has 0 saturated carbocycles. The van der Waals surface area contributed by atoms with Gasteiger partial charge in [-0.1, -0.05) is 49.9 Å². The molecular formula is C18H23NO2S. The van der Waals surface area contributed by atoms with Crippen LogP contribution in [-0.4, -0.2) is 17.4 Å². The van der Waals surface area contributed by atoms with E-state index < -0.39 is 0 Å². The van der Waals surface area contributed by atoms with Crippen LogP contribution in [0.5, 0.6) is 5.75 Å². The van der Waals surface area contributed by atoms with Gasteiger partial charge >= 0.3 is 0 Å². The van der Waals surface area contributed by atoms with E-state index in [1.54, 1.807) is 12.1 Å². The lowest BCUT2D eigenvalue weighted by atomic mass is 10.1. The number of rotatable bonds is 6. The Kier molecular flexibility index (Phi) is 8.33. The molecule has 3 N–H and O–H groups in total. The number of para-hydroxylation sites is 1. The molecule has 0 aliphatic carbocycles. The monoisotopic (exact) mass is 317 g/mol. The second-order valence-electron chi connectivity index (χ2n) is 4.55. The van der Waals surface area contributed by atoms with Crippen LogP contribution < -0.4 is 5.73 Å². The highest BCUT2D eigenvalue weighted by atomic mass is 32.2. The SMILES string of the molecule is CC.NC(C=O)CCc1ccc(Sc2ccccc2O)cc1. The van der Waals surface area contributed by atoms with Crippen molar-refractivity contribution in [2.75, 3.05) is 0 Å². The van der Waals surface area contributed by atoms with E-state index in [9.17, 15) is 9.90 Å². The van der Waals surface area contributed by atoms with Crippen LogP contribution in [0.1, 0.15) is 25.8 Å². The Labute approximate surface area is 136 Å². The summed E-state index contributed by atoms with van der Waals surface area (Å²) in [5.74, 6) is 0.290. The van der Waals surface area contributed by atoms with Gasteiger partial charge in [-0.15, -0.1) is 0 Å². The number of nitrogens with two attached hydrogens (primary N) is 1. The molecule has 3 nitrogen and oxygen atoms in total. The quantitative estimate of drug-likeness (QED) is 0.790. The molecule has 2 rings (SSSR count). The average Bonchev–Trinajstić information content (AvgIpc) is 2.58. The van der Waals surface area contributed by atoms with Gasteiger partial charge in [-0.2, -0.15) is 0 Å². The number of aromatic hydroxyl groups is 1. The Balaban J connectivity index is 0.00000116. The first-order valence-corrected chi connectivity index (χ1v) is 8.26. The maximum absolute atomic E-state index is 10.5. The van der Waals surface area contributed by atoms with Gasteiger partial charge in [0.15, 0.2) is 0 Å². The van der Waals surface area contributed by atoms with E-state index in [0.29, 0.717) is 12.2 Å². The number of hydrogen-bond donors (Lipinski definition) is 2. The fraction of sp³-hybridized carbons (Fsp3) is 0.278. The number of carbonyl (C=O) groups is 1. The maximum atomic E-state index is 10.5. The molecule has 4 heteroatoms. The first-order valence-electron chi connectivity index (χ1n) is 7.44. The first-order chi connectivity index (χ1) is 10.7. The van der Waals surface area contributed by atoms with E-state index in [2.05, 4.69) is 0 Å². The molecule has 0 radical (unpaired) electrons. The molecule has 0 amide bonds. The fourth-order valence-electron chi connectivity index (χ4n) is 1.80. The number of aryl methyl sites for hydroxylation is 1. The van der Waals surface area contributed by atoms with Crippen LogP contribution in [0.25, 0.3) is 0 Å². The van der Waals surface area contributed by atoms with E-state index in [4.69, 9.17) is 5.73 Å². The number of hydrogen-bond acceptors (Lipinski definition) is 4.